The van der Waals surface area contributed by atoms with Crippen LogP contribution >= 0.6 is 47.8 Å². The van der Waals surface area contributed by atoms with Gasteiger partial charge in [-0.2, -0.15) is 0 Å². The molecule has 140 heavy (non-hydrogen) atoms. The lowest BCUT2D eigenvalue weighted by Gasteiger charge is -2.27. The fourth-order valence-corrected chi connectivity index (χ4v) is 11.7. The van der Waals surface area contributed by atoms with Crippen molar-refractivity contribution < 1.29 is 169 Å². The lowest BCUT2D eigenvalue weighted by atomic mass is 10.1. The number of hydrogen-bond donors (Lipinski definition) is 6. The van der Waals surface area contributed by atoms with E-state index in [2.05, 4.69) is 160 Å². The van der Waals surface area contributed by atoms with E-state index in [-0.39, 0.29) is 67.6 Å². The number of carbonyl (C=O) groups is 13. The lowest BCUT2D eigenvalue weighted by molar-refractivity contribution is -0.280. The number of aliphatic carboxylic acids is 1. The normalized spacial score (nSPS) is 15.3. The molecule has 2 saturated heterocycles. The highest BCUT2D eigenvalue weighted by molar-refractivity contribution is 9.20. The van der Waals surface area contributed by atoms with Crippen molar-refractivity contribution in [1.82, 2.24) is 4.90 Å². The van der Waals surface area contributed by atoms with Crippen LogP contribution in [0.3, 0.4) is 0 Å². The molecule has 12 unspecified atom stereocenters. The van der Waals surface area contributed by atoms with Gasteiger partial charge in [0.15, 0.2) is 61.2 Å². The number of carbonyl (C=O) groups excluding carboxylic acids is 12. The van der Waals surface area contributed by atoms with Crippen LogP contribution in [0, 0.1) is 0 Å². The summed E-state index contributed by atoms with van der Waals surface area (Å²) in [5.74, 6) is -5.91. The Labute approximate surface area is 865 Å². The van der Waals surface area contributed by atoms with Crippen molar-refractivity contribution in [3.63, 3.8) is 0 Å². The van der Waals surface area contributed by atoms with Crippen molar-refractivity contribution >= 4 is 125 Å². The number of halogens is 3. The van der Waals surface area contributed by atoms with E-state index in [0.717, 1.165) is 212 Å². The minimum atomic E-state index is -1.07. The van der Waals surface area contributed by atoms with E-state index in [1.165, 1.54) is 79.8 Å². The Kier molecular flexibility index (Phi) is 129. The van der Waals surface area contributed by atoms with Crippen LogP contribution in [0.25, 0.3) is 0 Å². The summed E-state index contributed by atoms with van der Waals surface area (Å²) in [6.45, 7) is 37.6. The minimum absolute atomic E-state index is 0.0116. The highest BCUT2D eigenvalue weighted by Gasteiger charge is 2.38. The van der Waals surface area contributed by atoms with E-state index in [0.29, 0.717) is 64.6 Å². The molecule has 36 nitrogen and oxygen atoms in total. The number of esters is 9. The van der Waals surface area contributed by atoms with Crippen LogP contribution in [0.15, 0.2) is 0 Å². The van der Waals surface area contributed by atoms with Gasteiger partial charge in [-0.1, -0.05) is 301 Å². The Morgan fingerprint density at radius 1 is 0.379 bits per heavy atom. The second-order valence-corrected chi connectivity index (χ2v) is 36.2. The summed E-state index contributed by atoms with van der Waals surface area (Å²) in [4.78, 5) is 155. The molecule has 2 fully saturated rings. The summed E-state index contributed by atoms with van der Waals surface area (Å²) in [6, 6.07) is 0. The number of methoxy groups -OCH3 is 4. The summed E-state index contributed by atoms with van der Waals surface area (Å²) in [5.41, 5.74) is 0. The van der Waals surface area contributed by atoms with Gasteiger partial charge in [-0.25, -0.2) is 52.9 Å². The Morgan fingerprint density at radius 3 is 0.964 bits per heavy atom. The molecule has 0 aromatic carbocycles. The van der Waals surface area contributed by atoms with Gasteiger partial charge >= 0.3 is 59.7 Å². The largest absolute Gasteiger partial charge is 0.479 e. The van der Waals surface area contributed by atoms with Crippen molar-refractivity contribution in [3.8, 4) is 0 Å². The van der Waals surface area contributed by atoms with Crippen LogP contribution in [0.4, 0.5) is 0 Å². The van der Waals surface area contributed by atoms with Gasteiger partial charge in [0.1, 0.15) is 24.3 Å². The van der Waals surface area contributed by atoms with E-state index in [4.69, 9.17) is 83.0 Å². The first kappa shape index (κ1) is 152. The highest BCUT2D eigenvalue weighted by atomic mass is 79.9. The average molecular weight is 2220 g/mol. The highest BCUT2D eigenvalue weighted by Crippen LogP contribution is 2.23. The van der Waals surface area contributed by atoms with Gasteiger partial charge in [0.2, 0.25) is 4.69 Å². The molecule has 39 heteroatoms. The minimum Gasteiger partial charge on any atom is -0.479 e. The maximum atomic E-state index is 12.2. The molecular formula is C101H192Br3NO35. The summed E-state index contributed by atoms with van der Waals surface area (Å²) < 4.78 is 68.0. The molecule has 0 aromatic rings. The van der Waals surface area contributed by atoms with Crippen LogP contribution in [-0.2, 0) is 138 Å². The first-order valence-corrected chi connectivity index (χ1v) is 53.8. The number of aliphatic hydroxyl groups is 3. The van der Waals surface area contributed by atoms with E-state index in [1.54, 1.807) is 28.1 Å². The second-order valence-electron chi connectivity index (χ2n) is 32.7. The van der Waals surface area contributed by atoms with Crippen molar-refractivity contribution in [1.29, 1.82) is 0 Å². The van der Waals surface area contributed by atoms with Crippen LogP contribution in [-0.4, -0.2) is 285 Å². The SMILES string of the molecule is CC(Br)C(=O)Br.CCCCCCC(O)OC=O.CCCCCCC(OC(=O)C(C)Br)C(=O)O.CCCCCCC(OO)C(=O)OC(C)C(=O)OCCOC.CCCCCCC(OO)C(=O)OC(CCCCCC)C(=O)OCCOC.CCCCCCC1OC(=O)C(C)OC1=O.CCCCCCC1OC(=O)C(CCCCCC)OC1=O.CCCCCCC=O.CCN(CC)CC.COCCO.COCCO. The van der Waals surface area contributed by atoms with Crippen LogP contribution < -0.4 is 0 Å². The van der Waals surface area contributed by atoms with Crippen molar-refractivity contribution in [2.75, 3.05) is 101 Å². The zero-order valence-electron chi connectivity index (χ0n) is 89.3. The number of cyclic esters (lactones) is 4. The molecule has 832 valence electrons. The molecule has 2 heterocycles. The fraction of sp³-hybridized carbons (Fsp3) is 0.871. The van der Waals surface area contributed by atoms with Crippen LogP contribution in [0.2, 0.25) is 0 Å². The molecule has 0 aromatic heterocycles. The van der Waals surface area contributed by atoms with Crippen molar-refractivity contribution in [2.24, 2.45) is 0 Å². The van der Waals surface area contributed by atoms with Crippen molar-refractivity contribution in [2.45, 2.75) is 471 Å². The Hall–Kier alpha value is -5.53. The van der Waals surface area contributed by atoms with Gasteiger partial charge in [0, 0.05) is 41.3 Å². The van der Waals surface area contributed by atoms with E-state index in [1.807, 2.05) is 0 Å². The second kappa shape index (κ2) is 119. The summed E-state index contributed by atoms with van der Waals surface area (Å²) in [6.07, 6.45) is 34.0. The molecule has 2 aliphatic heterocycles. The molecule has 0 spiro atoms. The molecular weight excluding hydrogens is 2030 g/mol. The van der Waals surface area contributed by atoms with Gasteiger partial charge in [-0.3, -0.25) is 24.9 Å². The number of hydrogen-bond acceptors (Lipinski definition) is 35. The number of nitrogens with zero attached hydrogens (tertiary/aromatic N) is 1. The van der Waals surface area contributed by atoms with E-state index < -0.39 is 114 Å². The van der Waals surface area contributed by atoms with Gasteiger partial charge in [-0.15, -0.1) is 0 Å². The van der Waals surface area contributed by atoms with Gasteiger partial charge < -0.3 is 96.4 Å². The summed E-state index contributed by atoms with van der Waals surface area (Å²) in [7, 11) is 6.10. The standard InChI is InChI=1S/C19H36O7.C16H28O4.C14H26O7.C11H19BrO4.C11H18O4.C8H16O3.C7H14O.C6H15N.C3H4Br2O.2C3H8O2/c1-4-6-8-10-12-16(18(20)24-15-14-23-3)25-19(21)17(26-22)13-11-9-7-5-2;1-3-5-7-9-11-13-15(17)20-14(16(18)19-13)12-10-8-6-4-2;1-4-5-6-7-8-12(21-17)14(16)20-11(2)13(15)19-10-9-18-3;1-3-4-5-6-7-9(10(13)14)16-11(15)8(2)12;1-3-4-5-6-7-9-11(13)14-8(2)10(12)15-9;1-2-3-4-5-6-8(10)11-7-9;1-2-3-4-5-6-7-8;1-4-7(5-2)6-3;1-2(4)3(5)6;2*1-5-3-2-4/h16-17,22H,4-15H2,1-3H3;13-14H,3-12H2,1-2H3;11-12,17H,4-10H2,1-3H3;8-9H,3-7H2,1-2H3,(H,13,14);8-9H,3-7H2,1-2H3;7-8,10H,2-6H2,1H3;7H,2-6H2,1H3;4-6H2,1-3H3;2H,1H3;2*4H,2-3H2,1H3. The number of unbranched alkanes of at least 4 members (excludes halogenated alkanes) is 28. The molecule has 0 amide bonds. The zero-order chi connectivity index (χ0) is 108. The lowest BCUT2D eigenvalue weighted by Crippen LogP contribution is -2.43. The Morgan fingerprint density at radius 2 is 0.679 bits per heavy atom. The average Bonchev–Trinajstić information content (AvgIpc) is 0.875. The number of rotatable bonds is 72. The smallest absolute Gasteiger partial charge is 0.348 e. The maximum Gasteiger partial charge on any atom is 0.348 e. The molecule has 0 saturated carbocycles. The van der Waals surface area contributed by atoms with E-state index in [9.17, 15) is 62.3 Å². The fourth-order valence-electron chi connectivity index (χ4n) is 11.6. The quantitative estimate of drug-likeness (QED) is 0.00379. The third kappa shape index (κ3) is 107. The maximum absolute atomic E-state index is 12.2. The van der Waals surface area contributed by atoms with Gasteiger partial charge in [0.05, 0.1) is 44.5 Å². The molecule has 2 aliphatic rings. The molecule has 6 N–H and O–H groups in total. The topological polar surface area (TPSA) is 494 Å². The third-order valence-electron chi connectivity index (χ3n) is 20.2. The predicted molar refractivity (Wildman–Crippen MR) is 549 cm³/mol. The van der Waals surface area contributed by atoms with Crippen LogP contribution in [0.1, 0.15) is 400 Å². The predicted octanol–water partition coefficient (Wildman–Crippen LogP) is 20.0. The Bertz CT molecular complexity index is 2790. The third-order valence-corrected chi connectivity index (χ3v) is 22.3. The molecule has 0 radical (unpaired) electrons. The zero-order valence-corrected chi connectivity index (χ0v) is 94.0. The number of aliphatic hydroxyl groups excluding tert-OH is 3. The van der Waals surface area contributed by atoms with Crippen LogP contribution in [0.5, 0.6) is 0 Å². The summed E-state index contributed by atoms with van der Waals surface area (Å²) >= 11 is 8.84. The summed E-state index contributed by atoms with van der Waals surface area (Å²) in [5, 5.41) is 51.4. The molecule has 2 rings (SSSR count). The number of ether oxygens (including phenoxy) is 14. The molecule has 12 atom stereocenters. The molecule has 0 bridgehead atoms. The van der Waals surface area contributed by atoms with Gasteiger partial charge in [0.25, 0.3) is 6.47 Å². The number of alkyl halides is 2. The van der Waals surface area contributed by atoms with Crippen molar-refractivity contribution in [3.05, 3.63) is 0 Å². The first-order valence-electron chi connectivity index (χ1n) is 51.2. The number of carboxylic acids is 1. The van der Waals surface area contributed by atoms with Gasteiger partial charge in [-0.05, 0) is 153 Å². The van der Waals surface area contributed by atoms with E-state index >= 15 is 0 Å². The number of carboxylic acid groups (broad SMARTS) is 1. The molecule has 0 aliphatic carbocycles. The Balaban J connectivity index is -0.000000200. The monoisotopic (exact) mass is 2220 g/mol. The first-order chi connectivity index (χ1) is 67.0. The number of aldehydes is 1.